The number of fused-ring (bicyclic) bond motifs is 8. The summed E-state index contributed by atoms with van der Waals surface area (Å²) in [5, 5.41) is 44.6. The van der Waals surface area contributed by atoms with Crippen LogP contribution in [0.3, 0.4) is 0 Å². The average molecular weight is 1210 g/mol. The largest absolute Gasteiger partial charge is 1.00 e. The van der Waals surface area contributed by atoms with Crippen LogP contribution in [-0.2, 0) is 10.3 Å². The van der Waals surface area contributed by atoms with Crippen molar-refractivity contribution in [3.05, 3.63) is 149 Å². The number of esters is 1. The quantitative estimate of drug-likeness (QED) is 0.113. The molecule has 0 atom stereocenters. The Morgan fingerprint density at radius 2 is 1.27 bits per heavy atom. The van der Waals surface area contributed by atoms with E-state index in [2.05, 4.69) is 0 Å². The number of aromatic hydroxyl groups is 2. The van der Waals surface area contributed by atoms with Gasteiger partial charge in [0.25, 0.3) is 0 Å². The molecule has 0 radical (unpaired) electrons. The molecule has 1 spiro atoms. The predicted octanol–water partition coefficient (Wildman–Crippen LogP) is 2.09. The van der Waals surface area contributed by atoms with E-state index in [1.807, 2.05) is 102 Å². The summed E-state index contributed by atoms with van der Waals surface area (Å²) in [5.41, 5.74) is 3.08. The summed E-state index contributed by atoms with van der Waals surface area (Å²) in [6, 6.07) is 26.5. The first-order valence-electron chi connectivity index (χ1n) is 15.7. The predicted molar refractivity (Wildman–Crippen MR) is 227 cm³/mol. The van der Waals surface area contributed by atoms with Crippen LogP contribution >= 0.6 is 90.4 Å². The molecule has 5 aromatic carbocycles. The standard InChI is InChI=1S/C20H8I4O5.C20H12O5.2Na/c21-11-5-9-13(7-3-1-2-4-8(7)20(27)28)10-6-12(22)17(26)15(24)19(10)29-18(9)14(23)16(11)25;21-11-5-7-15-17(9-11)24-18-10-12(22)6-8-16(18)20(15)14-4-2-1-3-13(14)19(23)25-20;;/h1-6,25H,(H,27,28);1-10,21-22H;;/q;;2*+1/p-2. The van der Waals surface area contributed by atoms with Gasteiger partial charge in [-0.05, 0) is 138 Å². The number of rotatable bonds is 2. The third-order valence-electron chi connectivity index (χ3n) is 9.10. The van der Waals surface area contributed by atoms with E-state index >= 15 is 0 Å². The van der Waals surface area contributed by atoms with Crippen LogP contribution in [0.4, 0.5) is 0 Å². The number of hydrogen-bond acceptors (Lipinski definition) is 10. The number of carbonyl (C=O) groups is 2. The molecule has 16 heteroatoms. The first-order valence-corrected chi connectivity index (χ1v) is 20.0. The molecule has 56 heavy (non-hydrogen) atoms. The third-order valence-corrected chi connectivity index (χ3v) is 12.7. The van der Waals surface area contributed by atoms with Crippen molar-refractivity contribution in [2.75, 3.05) is 0 Å². The molecule has 10 nitrogen and oxygen atoms in total. The number of halogens is 4. The minimum Gasteiger partial charge on any atom is -0.871 e. The molecule has 0 bridgehead atoms. The summed E-state index contributed by atoms with van der Waals surface area (Å²) in [7, 11) is 0. The average Bonchev–Trinajstić information content (AvgIpc) is 3.44. The van der Waals surface area contributed by atoms with E-state index in [1.165, 1.54) is 30.3 Å². The Morgan fingerprint density at radius 3 is 1.89 bits per heavy atom. The zero-order valence-corrected chi connectivity index (χ0v) is 41.5. The SMILES string of the molecule is O=C([O-])c1ccccc1-c1c2cc(I)c(=O)c(I)c-2oc2c(I)c([O-])c(I)cc12.O=C1OC2(c3ccc(O)cc3Oc3cc(O)ccc32)c2ccccc21.[Na+].[Na+]. The number of carboxylic acid groups (broad SMARTS) is 1. The number of aromatic carboxylic acids is 1. The summed E-state index contributed by atoms with van der Waals surface area (Å²) >= 11 is 7.76. The van der Waals surface area contributed by atoms with Crippen LogP contribution in [0.1, 0.15) is 37.4 Å². The Hall–Kier alpha value is -2.15. The molecule has 9 rings (SSSR count). The molecule has 0 saturated carbocycles. The van der Waals surface area contributed by atoms with E-state index in [0.717, 1.165) is 0 Å². The summed E-state index contributed by atoms with van der Waals surface area (Å²) < 4.78 is 19.6. The van der Waals surface area contributed by atoms with Crippen LogP contribution < -0.4 is 79.5 Å². The second-order valence-corrected chi connectivity index (χ2v) is 16.6. The Kier molecular flexibility index (Phi) is 13.1. The molecule has 2 N–H and O–H groups in total. The molecule has 5 aromatic rings. The van der Waals surface area contributed by atoms with Gasteiger partial charge in [0.2, 0.25) is 5.43 Å². The van der Waals surface area contributed by atoms with Crippen molar-refractivity contribution in [1.29, 1.82) is 0 Å². The van der Waals surface area contributed by atoms with Crippen molar-refractivity contribution < 1.29 is 103 Å². The molecule has 0 amide bonds. The van der Waals surface area contributed by atoms with Crippen molar-refractivity contribution in [2.45, 2.75) is 5.60 Å². The van der Waals surface area contributed by atoms with Gasteiger partial charge >= 0.3 is 65.1 Å². The topological polar surface area (TPSA) is 169 Å². The molecule has 0 fully saturated rings. The smallest absolute Gasteiger partial charge is 0.871 e. The molecule has 1 aliphatic carbocycles. The molecule has 3 aliphatic heterocycles. The summed E-state index contributed by atoms with van der Waals surface area (Å²) in [6.45, 7) is 0. The first kappa shape index (κ1) is 43.4. The summed E-state index contributed by atoms with van der Waals surface area (Å²) in [6.07, 6.45) is 0. The Labute approximate surface area is 416 Å². The maximum absolute atomic E-state index is 12.5. The Bertz CT molecular complexity index is 2760. The fraction of sp³-hybridized carbons (Fsp3) is 0.0250. The van der Waals surface area contributed by atoms with Gasteiger partial charge in [-0.2, -0.15) is 0 Å². The zero-order chi connectivity index (χ0) is 38.2. The van der Waals surface area contributed by atoms with Gasteiger partial charge in [-0.1, -0.05) is 48.2 Å². The monoisotopic (exact) mass is 1210 g/mol. The molecule has 0 unspecified atom stereocenters. The van der Waals surface area contributed by atoms with Gasteiger partial charge in [0.1, 0.15) is 32.2 Å². The van der Waals surface area contributed by atoms with Crippen molar-refractivity contribution in [3.63, 3.8) is 0 Å². The maximum atomic E-state index is 12.5. The summed E-state index contributed by atoms with van der Waals surface area (Å²) in [4.78, 5) is 36.8. The van der Waals surface area contributed by atoms with E-state index < -0.39 is 17.5 Å². The van der Waals surface area contributed by atoms with Crippen molar-refractivity contribution in [2.24, 2.45) is 0 Å². The molecule has 4 aliphatic rings. The van der Waals surface area contributed by atoms with E-state index in [1.54, 1.807) is 54.6 Å². The number of carbonyl (C=O) groups excluding carboxylic acids is 2. The van der Waals surface area contributed by atoms with Gasteiger partial charge in [-0.15, -0.1) is 0 Å². The van der Waals surface area contributed by atoms with Crippen LogP contribution in [0.5, 0.6) is 28.7 Å². The summed E-state index contributed by atoms with van der Waals surface area (Å²) in [5.74, 6) is -0.752. The molecule has 0 saturated heterocycles. The molecular formula is C40H18I4Na2O10. The van der Waals surface area contributed by atoms with Gasteiger partial charge in [0, 0.05) is 58.0 Å². The van der Waals surface area contributed by atoms with Gasteiger partial charge in [0.05, 0.1) is 15.1 Å². The molecule has 268 valence electrons. The third kappa shape index (κ3) is 7.16. The van der Waals surface area contributed by atoms with Crippen LogP contribution in [-0.4, -0.2) is 22.2 Å². The van der Waals surface area contributed by atoms with Crippen LogP contribution in [0.2, 0.25) is 0 Å². The van der Waals surface area contributed by atoms with E-state index in [0.29, 0.717) is 81.5 Å². The van der Waals surface area contributed by atoms with Crippen LogP contribution in [0.15, 0.2) is 106 Å². The fourth-order valence-corrected chi connectivity index (χ4v) is 10.4. The first-order chi connectivity index (χ1) is 25.8. The van der Waals surface area contributed by atoms with Crippen LogP contribution in [0, 0.1) is 14.3 Å². The number of phenolic OH excluding ortho intramolecular Hbond substituents is 2. The van der Waals surface area contributed by atoms with E-state index in [4.69, 9.17) is 13.9 Å². The second-order valence-electron chi connectivity index (χ2n) is 12.1. The van der Waals surface area contributed by atoms with Crippen LogP contribution in [0.25, 0.3) is 33.4 Å². The molecular weight excluding hydrogens is 1190 g/mol. The zero-order valence-electron chi connectivity index (χ0n) is 28.9. The molecule has 0 aromatic heterocycles. The van der Waals surface area contributed by atoms with Gasteiger partial charge < -0.3 is 39.1 Å². The van der Waals surface area contributed by atoms with E-state index in [-0.39, 0.29) is 87.4 Å². The Morgan fingerprint density at radius 1 is 0.679 bits per heavy atom. The van der Waals surface area contributed by atoms with Crippen molar-refractivity contribution >= 4 is 113 Å². The van der Waals surface area contributed by atoms with Crippen molar-refractivity contribution in [3.8, 4) is 51.2 Å². The van der Waals surface area contributed by atoms with Gasteiger partial charge in [0.15, 0.2) is 11.4 Å². The maximum Gasteiger partial charge on any atom is 1.00 e. The normalized spacial score (nSPS) is 12.9. The van der Waals surface area contributed by atoms with E-state index in [9.17, 15) is 34.8 Å². The van der Waals surface area contributed by atoms with Gasteiger partial charge in [-0.3, -0.25) is 4.79 Å². The minimum absolute atomic E-state index is 0. The molecule has 3 heterocycles. The number of ether oxygens (including phenoxy) is 2. The Balaban J connectivity index is 0.000000185. The number of hydrogen-bond donors (Lipinski definition) is 2. The van der Waals surface area contributed by atoms with Crippen molar-refractivity contribution in [1.82, 2.24) is 0 Å². The fourth-order valence-electron chi connectivity index (χ4n) is 6.81. The van der Waals surface area contributed by atoms with Gasteiger partial charge in [-0.25, -0.2) is 4.79 Å². The second kappa shape index (κ2) is 16.8. The number of benzene rings is 6. The number of phenols is 2. The number of carboxylic acids is 1. The minimum atomic E-state index is -1.31.